The molecule has 6 heteroatoms. The molecular formula is C14H18N4O2. The Morgan fingerprint density at radius 2 is 1.95 bits per heavy atom. The number of aromatic nitrogens is 2. The number of nitrogens with two attached hydrogens (primary N) is 1. The second-order valence-electron chi connectivity index (χ2n) is 5.10. The number of anilines is 1. The Morgan fingerprint density at radius 3 is 2.65 bits per heavy atom. The summed E-state index contributed by atoms with van der Waals surface area (Å²) in [4.78, 5) is 6.49. The molecule has 3 rings (SSSR count). The highest BCUT2D eigenvalue weighted by molar-refractivity contribution is 5.30. The van der Waals surface area contributed by atoms with Gasteiger partial charge in [0.15, 0.2) is 0 Å². The van der Waals surface area contributed by atoms with E-state index >= 15 is 0 Å². The zero-order valence-corrected chi connectivity index (χ0v) is 11.2. The minimum atomic E-state index is -0.330. The third-order valence-corrected chi connectivity index (χ3v) is 3.53. The molecule has 0 radical (unpaired) electrons. The predicted molar refractivity (Wildman–Crippen MR) is 74.5 cm³/mol. The highest BCUT2D eigenvalue weighted by atomic mass is 16.5. The molecule has 6 nitrogen and oxygen atoms in total. The summed E-state index contributed by atoms with van der Waals surface area (Å²) in [5.74, 6) is 1.34. The molecule has 1 aromatic heterocycles. The molecule has 0 spiro atoms. The fourth-order valence-electron chi connectivity index (χ4n) is 2.40. The summed E-state index contributed by atoms with van der Waals surface area (Å²) < 4.78 is 5.26. The first kappa shape index (κ1) is 12.9. The Balaban J connectivity index is 1.67. The van der Waals surface area contributed by atoms with Gasteiger partial charge in [-0.25, -0.2) is 0 Å². The quantitative estimate of drug-likeness (QED) is 0.880. The monoisotopic (exact) mass is 274 g/mol. The molecule has 1 aliphatic rings. The van der Waals surface area contributed by atoms with Gasteiger partial charge in [0.25, 0.3) is 5.95 Å². The van der Waals surface area contributed by atoms with E-state index < -0.39 is 0 Å². The lowest BCUT2D eigenvalue weighted by Gasteiger charge is -2.10. The molecule has 106 valence electrons. The fraction of sp³-hybridized carbons (Fsp3) is 0.429. The van der Waals surface area contributed by atoms with Crippen molar-refractivity contribution in [3.8, 4) is 5.75 Å². The molecule has 1 unspecified atom stereocenters. The van der Waals surface area contributed by atoms with Crippen LogP contribution in [0.5, 0.6) is 5.75 Å². The van der Waals surface area contributed by atoms with Crippen molar-refractivity contribution in [2.45, 2.75) is 25.3 Å². The molecule has 2 heterocycles. The number of hydrogen-bond acceptors (Lipinski definition) is 6. The minimum absolute atomic E-state index is 0.247. The SMILES string of the molecule is NC(Cc1ccc(O)cc1)c1nc(N2CCCC2)no1. The molecule has 0 aliphatic carbocycles. The number of nitrogens with zero attached hydrogens (tertiary/aromatic N) is 3. The van der Waals surface area contributed by atoms with Gasteiger partial charge in [0.05, 0.1) is 6.04 Å². The lowest BCUT2D eigenvalue weighted by molar-refractivity contribution is 0.353. The molecule has 1 fully saturated rings. The van der Waals surface area contributed by atoms with Gasteiger partial charge >= 0.3 is 0 Å². The molecule has 20 heavy (non-hydrogen) atoms. The highest BCUT2D eigenvalue weighted by Gasteiger charge is 2.21. The predicted octanol–water partition coefficient (Wildman–Crippen LogP) is 1.62. The number of phenolic OH excluding ortho intramolecular Hbond substituents is 1. The number of hydrogen-bond donors (Lipinski definition) is 2. The Kier molecular flexibility index (Phi) is 3.56. The van der Waals surface area contributed by atoms with Crippen LogP contribution in [0.1, 0.15) is 30.3 Å². The van der Waals surface area contributed by atoms with Gasteiger partial charge in [-0.1, -0.05) is 12.1 Å². The molecule has 3 N–H and O–H groups in total. The van der Waals surface area contributed by atoms with E-state index in [9.17, 15) is 5.11 Å². The van der Waals surface area contributed by atoms with Crippen molar-refractivity contribution >= 4 is 5.95 Å². The number of phenols is 1. The Hall–Kier alpha value is -2.08. The van der Waals surface area contributed by atoms with Crippen LogP contribution >= 0.6 is 0 Å². The minimum Gasteiger partial charge on any atom is -0.508 e. The fourth-order valence-corrected chi connectivity index (χ4v) is 2.40. The van der Waals surface area contributed by atoms with Crippen LogP contribution in [-0.4, -0.2) is 28.3 Å². The van der Waals surface area contributed by atoms with E-state index in [2.05, 4.69) is 15.0 Å². The van der Waals surface area contributed by atoms with Gasteiger partial charge in [0.1, 0.15) is 5.75 Å². The maximum Gasteiger partial charge on any atom is 0.266 e. The maximum atomic E-state index is 9.25. The molecule has 1 aliphatic heterocycles. The van der Waals surface area contributed by atoms with Crippen molar-refractivity contribution in [1.29, 1.82) is 0 Å². The van der Waals surface area contributed by atoms with Gasteiger partial charge in [-0.3, -0.25) is 0 Å². The average molecular weight is 274 g/mol. The summed E-state index contributed by atoms with van der Waals surface area (Å²) >= 11 is 0. The lowest BCUT2D eigenvalue weighted by atomic mass is 10.1. The van der Waals surface area contributed by atoms with E-state index in [1.54, 1.807) is 12.1 Å². The molecule has 2 aromatic rings. The Labute approximate surface area is 117 Å². The molecular weight excluding hydrogens is 256 g/mol. The smallest absolute Gasteiger partial charge is 0.266 e. The van der Waals surface area contributed by atoms with Crippen LogP contribution in [0.25, 0.3) is 0 Å². The molecule has 1 aromatic carbocycles. The highest BCUT2D eigenvalue weighted by Crippen LogP contribution is 2.21. The van der Waals surface area contributed by atoms with Gasteiger partial charge in [0.2, 0.25) is 5.89 Å². The zero-order chi connectivity index (χ0) is 13.9. The molecule has 1 saturated heterocycles. The second kappa shape index (κ2) is 5.50. The van der Waals surface area contributed by atoms with E-state index in [4.69, 9.17) is 10.3 Å². The Morgan fingerprint density at radius 1 is 1.25 bits per heavy atom. The van der Waals surface area contributed by atoms with Gasteiger partial charge in [0, 0.05) is 13.1 Å². The summed E-state index contributed by atoms with van der Waals surface area (Å²) in [6.45, 7) is 1.96. The summed E-state index contributed by atoms with van der Waals surface area (Å²) in [7, 11) is 0. The zero-order valence-electron chi connectivity index (χ0n) is 11.2. The molecule has 0 amide bonds. The summed E-state index contributed by atoms with van der Waals surface area (Å²) in [5.41, 5.74) is 7.12. The van der Waals surface area contributed by atoms with Crippen molar-refractivity contribution in [2.75, 3.05) is 18.0 Å². The summed E-state index contributed by atoms with van der Waals surface area (Å²) in [6.07, 6.45) is 2.94. The maximum absolute atomic E-state index is 9.25. The molecule has 1 atom stereocenters. The first-order valence-electron chi connectivity index (χ1n) is 6.84. The van der Waals surface area contributed by atoms with Gasteiger partial charge in [-0.05, 0) is 42.1 Å². The first-order chi connectivity index (χ1) is 9.72. The first-order valence-corrected chi connectivity index (χ1v) is 6.84. The van der Waals surface area contributed by atoms with Crippen LogP contribution in [0.15, 0.2) is 28.8 Å². The van der Waals surface area contributed by atoms with E-state index in [1.807, 2.05) is 12.1 Å². The lowest BCUT2D eigenvalue weighted by Crippen LogP contribution is -2.19. The van der Waals surface area contributed by atoms with Crippen molar-refractivity contribution in [3.63, 3.8) is 0 Å². The largest absolute Gasteiger partial charge is 0.508 e. The second-order valence-corrected chi connectivity index (χ2v) is 5.10. The van der Waals surface area contributed by atoms with E-state index in [0.717, 1.165) is 18.7 Å². The third-order valence-electron chi connectivity index (χ3n) is 3.53. The Bertz CT molecular complexity index is 561. The van der Waals surface area contributed by atoms with Crippen molar-refractivity contribution in [2.24, 2.45) is 5.73 Å². The summed E-state index contributed by atoms with van der Waals surface area (Å²) in [5, 5.41) is 13.2. The van der Waals surface area contributed by atoms with E-state index in [0.29, 0.717) is 18.3 Å². The number of benzene rings is 1. The normalized spacial score (nSPS) is 16.6. The van der Waals surface area contributed by atoms with Gasteiger partial charge < -0.3 is 20.3 Å². The van der Waals surface area contributed by atoms with Crippen molar-refractivity contribution in [1.82, 2.24) is 10.1 Å². The van der Waals surface area contributed by atoms with Gasteiger partial charge in [-0.15, -0.1) is 0 Å². The number of aromatic hydroxyl groups is 1. The van der Waals surface area contributed by atoms with Crippen LogP contribution < -0.4 is 10.6 Å². The number of rotatable bonds is 4. The van der Waals surface area contributed by atoms with Crippen LogP contribution in [0.2, 0.25) is 0 Å². The topological polar surface area (TPSA) is 88.4 Å². The van der Waals surface area contributed by atoms with Crippen LogP contribution in [0, 0.1) is 0 Å². The van der Waals surface area contributed by atoms with Crippen molar-refractivity contribution < 1.29 is 9.63 Å². The van der Waals surface area contributed by atoms with E-state index in [-0.39, 0.29) is 11.8 Å². The van der Waals surface area contributed by atoms with Crippen molar-refractivity contribution in [3.05, 3.63) is 35.7 Å². The molecule has 0 bridgehead atoms. The van der Waals surface area contributed by atoms with Crippen LogP contribution in [-0.2, 0) is 6.42 Å². The van der Waals surface area contributed by atoms with E-state index in [1.165, 1.54) is 12.8 Å². The third kappa shape index (κ3) is 2.75. The summed E-state index contributed by atoms with van der Waals surface area (Å²) in [6, 6.07) is 6.64. The van der Waals surface area contributed by atoms with Crippen LogP contribution in [0.4, 0.5) is 5.95 Å². The standard InChI is InChI=1S/C14H18N4O2/c15-12(9-10-3-5-11(19)6-4-10)13-16-14(17-20-13)18-7-1-2-8-18/h3-6,12,19H,1-2,7-9,15H2. The average Bonchev–Trinajstić information content (AvgIpc) is 3.11. The van der Waals surface area contributed by atoms with Crippen LogP contribution in [0.3, 0.4) is 0 Å². The van der Waals surface area contributed by atoms with Gasteiger partial charge in [-0.2, -0.15) is 4.98 Å². The molecule has 0 saturated carbocycles.